The topological polar surface area (TPSA) is 15.3 Å². The molecule has 1 aliphatic heterocycles. The van der Waals surface area contributed by atoms with Crippen molar-refractivity contribution in [2.45, 2.75) is 32.2 Å². The smallest absolute Gasteiger partial charge is 0.123 e. The van der Waals surface area contributed by atoms with E-state index in [1.165, 1.54) is 45.0 Å². The summed E-state index contributed by atoms with van der Waals surface area (Å²) in [7, 11) is 0. The van der Waals surface area contributed by atoms with Gasteiger partial charge in [0, 0.05) is 6.04 Å². The Morgan fingerprint density at radius 3 is 2.83 bits per heavy atom. The Labute approximate surface area is 109 Å². The van der Waals surface area contributed by atoms with Gasteiger partial charge in [0.15, 0.2) is 0 Å². The summed E-state index contributed by atoms with van der Waals surface area (Å²) in [5.41, 5.74) is 1.02. The van der Waals surface area contributed by atoms with E-state index in [4.69, 9.17) is 0 Å². The van der Waals surface area contributed by atoms with Gasteiger partial charge >= 0.3 is 0 Å². The molecule has 1 saturated heterocycles. The van der Waals surface area contributed by atoms with Crippen molar-refractivity contribution < 1.29 is 4.39 Å². The van der Waals surface area contributed by atoms with Gasteiger partial charge in [-0.05, 0) is 70.1 Å². The molecule has 0 amide bonds. The standard InChI is InChI=1S/C15H23FN2/c1-13(14-6-4-7-15(16)12-14)17-8-5-11-18-9-2-3-10-18/h4,6-7,12-13,17H,2-3,5,8-11H2,1H3/t13-/m0/s1. The van der Waals surface area contributed by atoms with Crippen molar-refractivity contribution in [2.24, 2.45) is 0 Å². The third-order valence-corrected chi connectivity index (χ3v) is 3.65. The van der Waals surface area contributed by atoms with Gasteiger partial charge in [-0.3, -0.25) is 0 Å². The average Bonchev–Trinajstić information content (AvgIpc) is 2.87. The van der Waals surface area contributed by atoms with Crippen LogP contribution in [0.4, 0.5) is 4.39 Å². The SMILES string of the molecule is C[C@H](NCCCN1CCCC1)c1cccc(F)c1. The van der Waals surface area contributed by atoms with Crippen LogP contribution in [0.3, 0.4) is 0 Å². The van der Waals surface area contributed by atoms with E-state index in [0.717, 1.165) is 12.1 Å². The summed E-state index contributed by atoms with van der Waals surface area (Å²) < 4.78 is 13.1. The molecule has 0 saturated carbocycles. The van der Waals surface area contributed by atoms with Crippen LogP contribution in [0.25, 0.3) is 0 Å². The van der Waals surface area contributed by atoms with Gasteiger partial charge in [0.05, 0.1) is 0 Å². The number of benzene rings is 1. The first kappa shape index (κ1) is 13.5. The molecule has 1 N–H and O–H groups in total. The molecule has 3 heteroatoms. The van der Waals surface area contributed by atoms with Gasteiger partial charge in [0.1, 0.15) is 5.82 Å². The van der Waals surface area contributed by atoms with Crippen molar-refractivity contribution in [2.75, 3.05) is 26.2 Å². The Balaban J connectivity index is 1.66. The maximum atomic E-state index is 13.1. The van der Waals surface area contributed by atoms with Crippen molar-refractivity contribution >= 4 is 0 Å². The first-order valence-corrected chi connectivity index (χ1v) is 6.97. The van der Waals surface area contributed by atoms with Gasteiger partial charge in [0.2, 0.25) is 0 Å². The van der Waals surface area contributed by atoms with E-state index in [9.17, 15) is 4.39 Å². The summed E-state index contributed by atoms with van der Waals surface area (Å²) in [6.45, 7) is 6.79. The fraction of sp³-hybridized carbons (Fsp3) is 0.600. The van der Waals surface area contributed by atoms with Crippen LogP contribution in [0.1, 0.15) is 37.8 Å². The molecular formula is C15H23FN2. The molecule has 1 aliphatic rings. The molecule has 0 radical (unpaired) electrons. The molecule has 0 aromatic heterocycles. The third kappa shape index (κ3) is 4.07. The lowest BCUT2D eigenvalue weighted by molar-refractivity contribution is 0.328. The molecule has 100 valence electrons. The zero-order valence-electron chi connectivity index (χ0n) is 11.2. The van der Waals surface area contributed by atoms with E-state index in [-0.39, 0.29) is 11.9 Å². The van der Waals surface area contributed by atoms with Crippen LogP contribution in [0.2, 0.25) is 0 Å². The molecule has 0 spiro atoms. The Morgan fingerprint density at radius 1 is 1.33 bits per heavy atom. The fourth-order valence-electron chi connectivity index (χ4n) is 2.52. The molecule has 18 heavy (non-hydrogen) atoms. The summed E-state index contributed by atoms with van der Waals surface area (Å²) in [4.78, 5) is 2.52. The highest BCUT2D eigenvalue weighted by Gasteiger charge is 2.10. The summed E-state index contributed by atoms with van der Waals surface area (Å²) in [6, 6.07) is 7.06. The first-order chi connectivity index (χ1) is 8.75. The highest BCUT2D eigenvalue weighted by atomic mass is 19.1. The number of halogens is 1. The minimum absolute atomic E-state index is 0.154. The number of nitrogens with one attached hydrogen (secondary N) is 1. The molecule has 1 aromatic carbocycles. The molecule has 2 rings (SSSR count). The van der Waals surface area contributed by atoms with Crippen LogP contribution < -0.4 is 5.32 Å². The van der Waals surface area contributed by atoms with Crippen LogP contribution >= 0.6 is 0 Å². The minimum atomic E-state index is -0.154. The second-order valence-electron chi connectivity index (χ2n) is 5.13. The van der Waals surface area contributed by atoms with Crippen LogP contribution in [0.15, 0.2) is 24.3 Å². The third-order valence-electron chi connectivity index (χ3n) is 3.65. The molecule has 1 atom stereocenters. The quantitative estimate of drug-likeness (QED) is 0.781. The lowest BCUT2D eigenvalue weighted by Gasteiger charge is -2.17. The van der Waals surface area contributed by atoms with Crippen LogP contribution in [0, 0.1) is 5.82 Å². The summed E-state index contributed by atoms with van der Waals surface area (Å²) in [5, 5.41) is 3.46. The number of nitrogens with zero attached hydrogens (tertiary/aromatic N) is 1. The van der Waals surface area contributed by atoms with Crippen LogP contribution in [-0.2, 0) is 0 Å². The Hall–Kier alpha value is -0.930. The summed E-state index contributed by atoms with van der Waals surface area (Å²) in [5.74, 6) is -0.154. The molecule has 1 fully saturated rings. The second kappa shape index (κ2) is 6.86. The summed E-state index contributed by atoms with van der Waals surface area (Å²) in [6.07, 6.45) is 3.87. The van der Waals surface area contributed by atoms with Crippen LogP contribution in [0.5, 0.6) is 0 Å². The fourth-order valence-corrected chi connectivity index (χ4v) is 2.52. The number of hydrogen-bond donors (Lipinski definition) is 1. The Bertz CT molecular complexity index is 361. The van der Waals surface area contributed by atoms with Crippen molar-refractivity contribution in [3.8, 4) is 0 Å². The zero-order valence-corrected chi connectivity index (χ0v) is 11.2. The Kier molecular flexibility index (Phi) is 5.14. The van der Waals surface area contributed by atoms with E-state index in [1.54, 1.807) is 12.1 Å². The van der Waals surface area contributed by atoms with Gasteiger partial charge in [-0.15, -0.1) is 0 Å². The monoisotopic (exact) mass is 250 g/mol. The molecule has 0 bridgehead atoms. The van der Waals surface area contributed by atoms with Crippen molar-refractivity contribution in [3.05, 3.63) is 35.6 Å². The van der Waals surface area contributed by atoms with Gasteiger partial charge in [-0.1, -0.05) is 12.1 Å². The van der Waals surface area contributed by atoms with E-state index in [0.29, 0.717) is 0 Å². The van der Waals surface area contributed by atoms with E-state index in [2.05, 4.69) is 17.1 Å². The number of hydrogen-bond acceptors (Lipinski definition) is 2. The maximum Gasteiger partial charge on any atom is 0.123 e. The van der Waals surface area contributed by atoms with Crippen molar-refractivity contribution in [1.29, 1.82) is 0 Å². The predicted molar refractivity (Wildman–Crippen MR) is 73.1 cm³/mol. The van der Waals surface area contributed by atoms with E-state index in [1.807, 2.05) is 6.07 Å². The van der Waals surface area contributed by atoms with Gasteiger partial charge in [-0.2, -0.15) is 0 Å². The molecule has 2 nitrogen and oxygen atoms in total. The van der Waals surface area contributed by atoms with Gasteiger partial charge < -0.3 is 10.2 Å². The summed E-state index contributed by atoms with van der Waals surface area (Å²) >= 11 is 0. The van der Waals surface area contributed by atoms with Crippen LogP contribution in [-0.4, -0.2) is 31.1 Å². The largest absolute Gasteiger partial charge is 0.310 e. The predicted octanol–water partition coefficient (Wildman–Crippen LogP) is 2.96. The Morgan fingerprint density at radius 2 is 2.11 bits per heavy atom. The minimum Gasteiger partial charge on any atom is -0.310 e. The highest BCUT2D eigenvalue weighted by molar-refractivity contribution is 5.19. The normalized spacial score (nSPS) is 18.1. The average molecular weight is 250 g/mol. The zero-order chi connectivity index (χ0) is 12.8. The molecule has 0 aliphatic carbocycles. The molecule has 1 heterocycles. The van der Waals surface area contributed by atoms with Gasteiger partial charge in [-0.25, -0.2) is 4.39 Å². The van der Waals surface area contributed by atoms with Crippen molar-refractivity contribution in [3.63, 3.8) is 0 Å². The van der Waals surface area contributed by atoms with E-state index >= 15 is 0 Å². The lowest BCUT2D eigenvalue weighted by Crippen LogP contribution is -2.26. The van der Waals surface area contributed by atoms with Gasteiger partial charge in [0.25, 0.3) is 0 Å². The first-order valence-electron chi connectivity index (χ1n) is 6.97. The molecule has 1 aromatic rings. The lowest BCUT2D eigenvalue weighted by atomic mass is 10.1. The van der Waals surface area contributed by atoms with Crippen molar-refractivity contribution in [1.82, 2.24) is 10.2 Å². The highest BCUT2D eigenvalue weighted by Crippen LogP contribution is 2.13. The van der Waals surface area contributed by atoms with E-state index < -0.39 is 0 Å². The maximum absolute atomic E-state index is 13.1. The second-order valence-corrected chi connectivity index (χ2v) is 5.13. The number of rotatable bonds is 6. The number of likely N-dealkylation sites (tertiary alicyclic amines) is 1. The molecule has 0 unspecified atom stereocenters. The molecular weight excluding hydrogens is 227 g/mol.